The largest absolute Gasteiger partial charge is 0.351 e. The molecule has 1 aromatic rings. The molecule has 0 atom stereocenters. The minimum Gasteiger partial charge on any atom is -0.351 e. The van der Waals surface area contributed by atoms with Crippen molar-refractivity contribution in [2.24, 2.45) is 11.7 Å². The van der Waals surface area contributed by atoms with E-state index in [1.807, 2.05) is 0 Å². The maximum absolute atomic E-state index is 11.9. The lowest BCUT2D eigenvalue weighted by atomic mass is 9.86. The number of carbonyl (C=O) groups excluding carboxylic acids is 1. The van der Waals surface area contributed by atoms with Gasteiger partial charge in [0.05, 0.1) is 6.20 Å². The predicted octanol–water partition coefficient (Wildman–Crippen LogP) is 1.72. The first-order chi connectivity index (χ1) is 10.3. The summed E-state index contributed by atoms with van der Waals surface area (Å²) in [6.07, 6.45) is 11.7. The summed E-state index contributed by atoms with van der Waals surface area (Å²) in [5.41, 5.74) is 5.84. The number of carbonyl (C=O) groups is 1. The van der Waals surface area contributed by atoms with E-state index in [0.29, 0.717) is 18.8 Å². The van der Waals surface area contributed by atoms with Crippen LogP contribution in [-0.4, -0.2) is 34.0 Å². The fraction of sp³-hybridized carbons (Fsp3) is 0.800. The van der Waals surface area contributed by atoms with Crippen molar-refractivity contribution in [1.29, 1.82) is 0 Å². The molecular weight excluding hydrogens is 266 g/mol. The summed E-state index contributed by atoms with van der Waals surface area (Å²) in [7, 11) is 0. The third-order valence-electron chi connectivity index (χ3n) is 4.16. The summed E-state index contributed by atoms with van der Waals surface area (Å²) in [6, 6.07) is 0. The molecule has 1 aromatic heterocycles. The van der Waals surface area contributed by atoms with Crippen LogP contribution in [0.5, 0.6) is 0 Å². The number of amides is 1. The van der Waals surface area contributed by atoms with E-state index in [1.165, 1.54) is 38.5 Å². The van der Waals surface area contributed by atoms with Crippen molar-refractivity contribution in [3.8, 4) is 0 Å². The van der Waals surface area contributed by atoms with E-state index in [9.17, 15) is 4.79 Å². The Morgan fingerprint density at radius 2 is 2.14 bits per heavy atom. The average Bonchev–Trinajstić information content (AvgIpc) is 2.99. The van der Waals surface area contributed by atoms with Crippen LogP contribution in [0.4, 0.5) is 0 Å². The Bertz CT molecular complexity index is 425. The summed E-state index contributed by atoms with van der Waals surface area (Å²) in [5, 5.41) is 10.8. The monoisotopic (exact) mass is 293 g/mol. The maximum atomic E-state index is 11.9. The van der Waals surface area contributed by atoms with Gasteiger partial charge < -0.3 is 11.1 Å². The Kier molecular flexibility index (Phi) is 6.66. The lowest BCUT2D eigenvalue weighted by Gasteiger charge is -2.21. The molecule has 3 N–H and O–H groups in total. The van der Waals surface area contributed by atoms with Crippen molar-refractivity contribution < 1.29 is 4.79 Å². The number of aryl methyl sites for hydroxylation is 1. The molecule has 0 aromatic carbocycles. The summed E-state index contributed by atoms with van der Waals surface area (Å²) in [5.74, 6) is 0.741. The zero-order valence-corrected chi connectivity index (χ0v) is 12.8. The van der Waals surface area contributed by atoms with E-state index in [0.717, 1.165) is 25.3 Å². The molecule has 0 spiro atoms. The predicted molar refractivity (Wildman–Crippen MR) is 81.8 cm³/mol. The van der Waals surface area contributed by atoms with Gasteiger partial charge >= 0.3 is 0 Å². The lowest BCUT2D eigenvalue weighted by Crippen LogP contribution is -2.25. The van der Waals surface area contributed by atoms with Crippen LogP contribution in [-0.2, 0) is 6.54 Å². The van der Waals surface area contributed by atoms with Gasteiger partial charge in [0.25, 0.3) is 5.91 Å². The summed E-state index contributed by atoms with van der Waals surface area (Å²) in [4.78, 5) is 11.9. The number of nitrogens with one attached hydrogen (secondary N) is 1. The Labute approximate surface area is 126 Å². The van der Waals surface area contributed by atoms with Crippen LogP contribution in [0.15, 0.2) is 6.20 Å². The Hall–Kier alpha value is -1.43. The Morgan fingerprint density at radius 1 is 1.33 bits per heavy atom. The van der Waals surface area contributed by atoms with Gasteiger partial charge in [-0.25, -0.2) is 0 Å². The van der Waals surface area contributed by atoms with Crippen molar-refractivity contribution in [3.63, 3.8) is 0 Å². The first kappa shape index (κ1) is 15.9. The molecule has 118 valence electrons. The minimum atomic E-state index is -0.127. The quantitative estimate of drug-likeness (QED) is 0.715. The molecule has 1 heterocycles. The molecule has 6 nitrogen and oxygen atoms in total. The van der Waals surface area contributed by atoms with Gasteiger partial charge in [-0.2, -0.15) is 0 Å². The fourth-order valence-corrected chi connectivity index (χ4v) is 2.92. The molecule has 1 saturated carbocycles. The fourth-order valence-electron chi connectivity index (χ4n) is 2.92. The van der Waals surface area contributed by atoms with Gasteiger partial charge in [-0.05, 0) is 31.7 Å². The molecule has 1 aliphatic carbocycles. The molecular formula is C15H27N5O. The first-order valence-corrected chi connectivity index (χ1v) is 8.18. The smallest absolute Gasteiger partial charge is 0.273 e. The lowest BCUT2D eigenvalue weighted by molar-refractivity contribution is 0.0947. The van der Waals surface area contributed by atoms with Crippen LogP contribution in [0.25, 0.3) is 0 Å². The third kappa shape index (κ3) is 5.46. The second-order valence-electron chi connectivity index (χ2n) is 5.91. The number of nitrogens with zero attached hydrogens (tertiary/aromatic N) is 3. The van der Waals surface area contributed by atoms with Gasteiger partial charge in [-0.1, -0.05) is 37.3 Å². The van der Waals surface area contributed by atoms with Gasteiger partial charge in [0.15, 0.2) is 5.69 Å². The van der Waals surface area contributed by atoms with E-state index in [-0.39, 0.29) is 5.91 Å². The SMILES string of the molecule is NCCCn1cc(C(=O)NCCCC2CCCCC2)nn1. The maximum Gasteiger partial charge on any atom is 0.273 e. The van der Waals surface area contributed by atoms with Gasteiger partial charge in [0.2, 0.25) is 0 Å². The van der Waals surface area contributed by atoms with Gasteiger partial charge in [-0.15, -0.1) is 5.10 Å². The molecule has 0 bridgehead atoms. The van der Waals surface area contributed by atoms with Gasteiger partial charge in [0.1, 0.15) is 0 Å². The molecule has 6 heteroatoms. The Morgan fingerprint density at radius 3 is 2.90 bits per heavy atom. The number of hydrogen-bond acceptors (Lipinski definition) is 4. The summed E-state index contributed by atoms with van der Waals surface area (Å²) >= 11 is 0. The molecule has 2 rings (SSSR count). The number of rotatable bonds is 8. The zero-order valence-electron chi connectivity index (χ0n) is 12.8. The average molecular weight is 293 g/mol. The molecule has 21 heavy (non-hydrogen) atoms. The van der Waals surface area contributed by atoms with Gasteiger partial charge in [0, 0.05) is 13.1 Å². The zero-order chi connectivity index (χ0) is 14.9. The van der Waals surface area contributed by atoms with Crippen LogP contribution < -0.4 is 11.1 Å². The van der Waals surface area contributed by atoms with Gasteiger partial charge in [-0.3, -0.25) is 9.48 Å². The van der Waals surface area contributed by atoms with Crippen molar-refractivity contribution >= 4 is 5.91 Å². The molecule has 0 saturated heterocycles. The third-order valence-corrected chi connectivity index (χ3v) is 4.16. The van der Waals surface area contributed by atoms with E-state index in [2.05, 4.69) is 15.6 Å². The number of nitrogens with two attached hydrogens (primary N) is 1. The van der Waals surface area contributed by atoms with Crippen LogP contribution >= 0.6 is 0 Å². The summed E-state index contributed by atoms with van der Waals surface area (Å²) in [6.45, 7) is 2.05. The van der Waals surface area contributed by atoms with Crippen LogP contribution in [0.3, 0.4) is 0 Å². The van der Waals surface area contributed by atoms with Crippen molar-refractivity contribution in [3.05, 3.63) is 11.9 Å². The minimum absolute atomic E-state index is 0.127. The number of aromatic nitrogens is 3. The molecule has 1 aliphatic rings. The van der Waals surface area contributed by atoms with Crippen molar-refractivity contribution in [2.45, 2.75) is 57.9 Å². The summed E-state index contributed by atoms with van der Waals surface area (Å²) < 4.78 is 1.67. The Balaban J connectivity index is 1.63. The van der Waals surface area contributed by atoms with E-state index in [1.54, 1.807) is 10.9 Å². The molecule has 1 fully saturated rings. The molecule has 0 radical (unpaired) electrons. The first-order valence-electron chi connectivity index (χ1n) is 8.18. The second-order valence-corrected chi connectivity index (χ2v) is 5.91. The highest BCUT2D eigenvalue weighted by atomic mass is 16.2. The molecule has 0 aliphatic heterocycles. The molecule has 1 amide bonds. The van der Waals surface area contributed by atoms with E-state index >= 15 is 0 Å². The number of hydrogen-bond donors (Lipinski definition) is 2. The highest BCUT2D eigenvalue weighted by Crippen LogP contribution is 2.26. The standard InChI is InChI=1S/C15H27N5O/c16-9-5-11-20-12-14(18-19-20)15(21)17-10-4-8-13-6-2-1-3-7-13/h12-13H,1-11,16H2,(H,17,21). The van der Waals surface area contributed by atoms with Crippen LogP contribution in [0.2, 0.25) is 0 Å². The highest BCUT2D eigenvalue weighted by Gasteiger charge is 2.14. The normalized spacial score (nSPS) is 16.0. The van der Waals surface area contributed by atoms with Crippen LogP contribution in [0.1, 0.15) is 61.9 Å². The van der Waals surface area contributed by atoms with Crippen molar-refractivity contribution in [2.75, 3.05) is 13.1 Å². The van der Waals surface area contributed by atoms with E-state index in [4.69, 9.17) is 5.73 Å². The second kappa shape index (κ2) is 8.77. The highest BCUT2D eigenvalue weighted by molar-refractivity contribution is 5.91. The molecule has 0 unspecified atom stereocenters. The van der Waals surface area contributed by atoms with Crippen LogP contribution in [0, 0.1) is 5.92 Å². The van der Waals surface area contributed by atoms with Crippen molar-refractivity contribution in [1.82, 2.24) is 20.3 Å². The topological polar surface area (TPSA) is 85.8 Å². The van der Waals surface area contributed by atoms with E-state index < -0.39 is 0 Å².